The summed E-state index contributed by atoms with van der Waals surface area (Å²) in [5, 5.41) is 24.6. The highest BCUT2D eigenvalue weighted by atomic mass is 16.6. The van der Waals surface area contributed by atoms with Crippen LogP contribution in [0.1, 0.15) is 43.5 Å². The molecule has 212 valence electrons. The van der Waals surface area contributed by atoms with E-state index >= 15 is 0 Å². The predicted octanol–water partition coefficient (Wildman–Crippen LogP) is 1.99. The highest BCUT2D eigenvalue weighted by Crippen LogP contribution is 2.24. The predicted molar refractivity (Wildman–Crippen MR) is 143 cm³/mol. The van der Waals surface area contributed by atoms with Gasteiger partial charge in [-0.1, -0.05) is 42.0 Å². The summed E-state index contributed by atoms with van der Waals surface area (Å²) in [4.78, 5) is 53.0. The van der Waals surface area contributed by atoms with E-state index in [0.717, 1.165) is 10.5 Å². The van der Waals surface area contributed by atoms with Crippen LogP contribution in [0.3, 0.4) is 0 Å². The SMILES string of the molecule is COC(=O)CNC(=O)C(c1cccc(C)c1)N(CCO)C(=O)C(Cc1ccc(O)cc1)NC(=O)OC(C)(C)C. The normalized spacial score (nSPS) is 12.6. The van der Waals surface area contributed by atoms with Crippen molar-refractivity contribution in [2.24, 2.45) is 0 Å². The molecule has 0 fully saturated rings. The van der Waals surface area contributed by atoms with E-state index in [9.17, 15) is 29.4 Å². The molecule has 2 aromatic rings. The molecule has 4 N–H and O–H groups in total. The molecule has 0 aliphatic heterocycles. The molecule has 2 atom stereocenters. The number of phenolic OH excluding ortho intramolecular Hbond substituents is 1. The number of aliphatic hydroxyl groups is 1. The van der Waals surface area contributed by atoms with Gasteiger partial charge in [0.15, 0.2) is 0 Å². The molecule has 0 aliphatic carbocycles. The van der Waals surface area contributed by atoms with Gasteiger partial charge in [0.2, 0.25) is 11.8 Å². The number of hydrogen-bond acceptors (Lipinski definition) is 8. The van der Waals surface area contributed by atoms with Crippen LogP contribution in [-0.4, -0.2) is 77.4 Å². The van der Waals surface area contributed by atoms with Crippen molar-refractivity contribution in [2.75, 3.05) is 26.8 Å². The van der Waals surface area contributed by atoms with E-state index in [-0.39, 0.29) is 18.7 Å². The lowest BCUT2D eigenvalue weighted by atomic mass is 9.99. The van der Waals surface area contributed by atoms with Crippen LogP contribution in [0.4, 0.5) is 4.79 Å². The fourth-order valence-corrected chi connectivity index (χ4v) is 3.83. The summed E-state index contributed by atoms with van der Waals surface area (Å²) in [6.07, 6.45) is -0.837. The van der Waals surface area contributed by atoms with Gasteiger partial charge in [0.05, 0.1) is 13.7 Å². The number of esters is 1. The number of nitrogens with one attached hydrogen (secondary N) is 2. The van der Waals surface area contributed by atoms with Gasteiger partial charge in [0, 0.05) is 13.0 Å². The number of amides is 3. The maximum atomic E-state index is 14.0. The summed E-state index contributed by atoms with van der Waals surface area (Å²) in [6.45, 7) is 5.72. The van der Waals surface area contributed by atoms with Gasteiger partial charge in [0.25, 0.3) is 0 Å². The zero-order chi connectivity index (χ0) is 29.2. The first kappa shape index (κ1) is 31.1. The molecule has 0 radical (unpaired) electrons. The van der Waals surface area contributed by atoms with Gasteiger partial charge in [-0.3, -0.25) is 14.4 Å². The van der Waals surface area contributed by atoms with E-state index in [1.54, 1.807) is 51.1 Å². The summed E-state index contributed by atoms with van der Waals surface area (Å²) in [5.41, 5.74) is 1.05. The molecule has 39 heavy (non-hydrogen) atoms. The summed E-state index contributed by atoms with van der Waals surface area (Å²) >= 11 is 0. The molecular weight excluding hydrogens is 506 g/mol. The second-order valence-electron chi connectivity index (χ2n) is 9.94. The van der Waals surface area contributed by atoms with E-state index in [1.165, 1.54) is 19.2 Å². The first-order valence-electron chi connectivity index (χ1n) is 12.4. The maximum absolute atomic E-state index is 14.0. The number of hydrogen-bond donors (Lipinski definition) is 4. The Morgan fingerprint density at radius 1 is 1.05 bits per heavy atom. The van der Waals surface area contributed by atoms with E-state index in [4.69, 9.17) is 4.74 Å². The molecule has 0 aliphatic rings. The third-order valence-corrected chi connectivity index (χ3v) is 5.54. The van der Waals surface area contributed by atoms with Gasteiger partial charge in [-0.2, -0.15) is 0 Å². The second-order valence-corrected chi connectivity index (χ2v) is 9.94. The smallest absolute Gasteiger partial charge is 0.408 e. The van der Waals surface area contributed by atoms with Crippen molar-refractivity contribution in [1.29, 1.82) is 0 Å². The van der Waals surface area contributed by atoms with Crippen LogP contribution in [0.25, 0.3) is 0 Å². The molecular formula is C28H37N3O8. The molecule has 0 aromatic heterocycles. The number of rotatable bonds is 11. The van der Waals surface area contributed by atoms with Crippen molar-refractivity contribution < 1.29 is 38.9 Å². The van der Waals surface area contributed by atoms with Crippen molar-refractivity contribution in [2.45, 2.75) is 51.8 Å². The number of benzene rings is 2. The minimum absolute atomic E-state index is 0.00457. The lowest BCUT2D eigenvalue weighted by Crippen LogP contribution is -2.54. The molecule has 0 spiro atoms. The van der Waals surface area contributed by atoms with E-state index < -0.39 is 54.7 Å². The quantitative estimate of drug-likeness (QED) is 0.314. The number of carbonyl (C=O) groups excluding carboxylic acids is 4. The number of aryl methyl sites for hydroxylation is 1. The van der Waals surface area contributed by atoms with Crippen molar-refractivity contribution >= 4 is 23.9 Å². The zero-order valence-corrected chi connectivity index (χ0v) is 22.9. The van der Waals surface area contributed by atoms with Crippen LogP contribution in [0, 0.1) is 6.92 Å². The van der Waals surface area contributed by atoms with Gasteiger partial charge in [0.1, 0.15) is 30.0 Å². The van der Waals surface area contributed by atoms with Crippen molar-refractivity contribution in [3.05, 3.63) is 65.2 Å². The van der Waals surface area contributed by atoms with Crippen LogP contribution in [0.15, 0.2) is 48.5 Å². The number of aliphatic hydroxyl groups excluding tert-OH is 1. The number of phenols is 1. The molecule has 11 heteroatoms. The van der Waals surface area contributed by atoms with Crippen LogP contribution in [0.2, 0.25) is 0 Å². The van der Waals surface area contributed by atoms with E-state index in [0.29, 0.717) is 11.1 Å². The molecule has 3 amide bonds. The van der Waals surface area contributed by atoms with Gasteiger partial charge in [-0.25, -0.2) is 4.79 Å². The Hall–Kier alpha value is -4.12. The zero-order valence-electron chi connectivity index (χ0n) is 22.9. The molecule has 0 heterocycles. The maximum Gasteiger partial charge on any atom is 0.408 e. The Morgan fingerprint density at radius 3 is 2.28 bits per heavy atom. The number of alkyl carbamates (subject to hydrolysis) is 1. The summed E-state index contributed by atoms with van der Waals surface area (Å²) in [6, 6.07) is 10.6. The molecule has 11 nitrogen and oxygen atoms in total. The fraction of sp³-hybridized carbons (Fsp3) is 0.429. The van der Waals surface area contributed by atoms with E-state index in [1.807, 2.05) is 13.0 Å². The Bertz CT molecular complexity index is 1140. The Balaban J connectivity index is 2.51. The number of carbonyl (C=O) groups is 4. The Kier molecular flexibility index (Phi) is 11.3. The molecule has 2 unspecified atom stereocenters. The highest BCUT2D eigenvalue weighted by molar-refractivity contribution is 5.93. The van der Waals surface area contributed by atoms with Gasteiger partial charge in [-0.15, -0.1) is 0 Å². The first-order valence-corrected chi connectivity index (χ1v) is 12.4. The minimum Gasteiger partial charge on any atom is -0.508 e. The molecule has 2 rings (SSSR count). The molecule has 0 bridgehead atoms. The standard InChI is InChI=1S/C28H37N3O8/c1-18-7-6-8-20(15-18)24(25(35)29-17-23(34)38-5)31(13-14-32)26(36)22(30-27(37)39-28(2,3)4)16-19-9-11-21(33)12-10-19/h6-12,15,22,24,32-33H,13-14,16-17H2,1-5H3,(H,29,35)(H,30,37). The largest absolute Gasteiger partial charge is 0.508 e. The lowest BCUT2D eigenvalue weighted by Gasteiger charge is -2.34. The van der Waals surface area contributed by atoms with Crippen LogP contribution >= 0.6 is 0 Å². The average molecular weight is 544 g/mol. The Labute approximate surface area is 228 Å². The highest BCUT2D eigenvalue weighted by Gasteiger charge is 2.36. The number of aromatic hydroxyl groups is 1. The second kappa shape index (κ2) is 14.1. The molecule has 2 aromatic carbocycles. The van der Waals surface area contributed by atoms with Gasteiger partial charge < -0.3 is 35.2 Å². The van der Waals surface area contributed by atoms with Gasteiger partial charge in [-0.05, 0) is 51.0 Å². The third kappa shape index (κ3) is 9.93. The summed E-state index contributed by atoms with van der Waals surface area (Å²) < 4.78 is 9.96. The van der Waals surface area contributed by atoms with Crippen molar-refractivity contribution in [3.8, 4) is 5.75 Å². The topological polar surface area (TPSA) is 154 Å². The molecule has 0 saturated heterocycles. The average Bonchev–Trinajstić information content (AvgIpc) is 2.86. The van der Waals surface area contributed by atoms with Crippen LogP contribution in [-0.2, 0) is 30.3 Å². The minimum atomic E-state index is -1.24. The lowest BCUT2D eigenvalue weighted by molar-refractivity contribution is -0.145. The monoisotopic (exact) mass is 543 g/mol. The van der Waals surface area contributed by atoms with Crippen LogP contribution < -0.4 is 10.6 Å². The molecule has 0 saturated carbocycles. The first-order chi connectivity index (χ1) is 18.3. The summed E-state index contributed by atoms with van der Waals surface area (Å²) in [5.74, 6) is -1.98. The van der Waals surface area contributed by atoms with Gasteiger partial charge >= 0.3 is 12.1 Å². The number of methoxy groups -OCH3 is 1. The number of ether oxygens (including phenoxy) is 2. The summed E-state index contributed by atoms with van der Waals surface area (Å²) in [7, 11) is 1.18. The van der Waals surface area contributed by atoms with Crippen molar-refractivity contribution in [1.82, 2.24) is 15.5 Å². The van der Waals surface area contributed by atoms with Crippen molar-refractivity contribution in [3.63, 3.8) is 0 Å². The Morgan fingerprint density at radius 2 is 1.72 bits per heavy atom. The van der Waals surface area contributed by atoms with E-state index in [2.05, 4.69) is 15.4 Å². The number of nitrogens with zero attached hydrogens (tertiary/aromatic N) is 1. The van der Waals surface area contributed by atoms with Crippen LogP contribution in [0.5, 0.6) is 5.75 Å². The fourth-order valence-electron chi connectivity index (χ4n) is 3.83. The third-order valence-electron chi connectivity index (χ3n) is 5.54.